The summed E-state index contributed by atoms with van der Waals surface area (Å²) in [5, 5.41) is 16.4. The molecule has 3 N–H and O–H groups in total. The number of amides is 1. The largest absolute Gasteiger partial charge is 0.463 e. The van der Waals surface area contributed by atoms with Crippen LogP contribution in [0.1, 0.15) is 10.4 Å². The fraction of sp³-hybridized carbons (Fsp3) is 0.357. The summed E-state index contributed by atoms with van der Waals surface area (Å²) in [6.07, 6.45) is 1.09. The van der Waals surface area contributed by atoms with Gasteiger partial charge in [-0.2, -0.15) is 0 Å². The standard InChI is InChI=1S/C14H16N2O3.ClH/c17-12-7-15-5-9(12)6-16-14(18)11-8-19-13-4-2-1-3-10(11)13;/h1-4,8-9,12,15,17H,5-7H2,(H,16,18);1H. The number of rotatable bonds is 3. The summed E-state index contributed by atoms with van der Waals surface area (Å²) in [6, 6.07) is 7.43. The first-order valence-electron chi connectivity index (χ1n) is 6.39. The maximum atomic E-state index is 12.1. The van der Waals surface area contributed by atoms with Crippen molar-refractivity contribution in [2.24, 2.45) is 5.92 Å². The van der Waals surface area contributed by atoms with Crippen molar-refractivity contribution in [1.29, 1.82) is 0 Å². The first-order valence-corrected chi connectivity index (χ1v) is 6.39. The minimum atomic E-state index is -0.388. The van der Waals surface area contributed by atoms with Gasteiger partial charge in [0.15, 0.2) is 0 Å². The number of fused-ring (bicyclic) bond motifs is 1. The summed E-state index contributed by atoms with van der Waals surface area (Å²) in [4.78, 5) is 12.1. The molecule has 1 aromatic heterocycles. The number of para-hydroxylation sites is 1. The third-order valence-corrected chi connectivity index (χ3v) is 3.55. The Hall–Kier alpha value is -1.56. The Bertz CT molecular complexity index is 599. The van der Waals surface area contributed by atoms with Crippen LogP contribution in [-0.4, -0.2) is 36.8 Å². The van der Waals surface area contributed by atoms with Gasteiger partial charge in [0.25, 0.3) is 5.91 Å². The summed E-state index contributed by atoms with van der Waals surface area (Å²) in [7, 11) is 0. The third kappa shape index (κ3) is 2.80. The molecule has 5 nitrogen and oxygen atoms in total. The van der Waals surface area contributed by atoms with Crippen molar-refractivity contribution >= 4 is 29.3 Å². The highest BCUT2D eigenvalue weighted by Crippen LogP contribution is 2.20. The van der Waals surface area contributed by atoms with E-state index in [1.807, 2.05) is 24.3 Å². The Labute approximate surface area is 122 Å². The lowest BCUT2D eigenvalue weighted by Gasteiger charge is -2.13. The summed E-state index contributed by atoms with van der Waals surface area (Å²) >= 11 is 0. The van der Waals surface area contributed by atoms with Crippen molar-refractivity contribution in [3.8, 4) is 0 Å². The van der Waals surface area contributed by atoms with Gasteiger partial charge in [-0.25, -0.2) is 0 Å². The molecule has 2 heterocycles. The minimum Gasteiger partial charge on any atom is -0.463 e. The Morgan fingerprint density at radius 1 is 1.40 bits per heavy atom. The second-order valence-electron chi connectivity index (χ2n) is 4.84. The molecule has 0 bridgehead atoms. The van der Waals surface area contributed by atoms with E-state index in [1.165, 1.54) is 6.26 Å². The number of benzene rings is 1. The molecule has 2 aromatic rings. The number of furan rings is 1. The molecule has 1 aromatic carbocycles. The fourth-order valence-electron chi connectivity index (χ4n) is 2.40. The van der Waals surface area contributed by atoms with Crippen molar-refractivity contribution < 1.29 is 14.3 Å². The predicted octanol–water partition coefficient (Wildman–Crippen LogP) is 1.16. The normalized spacial score (nSPS) is 21.6. The minimum absolute atomic E-state index is 0. The third-order valence-electron chi connectivity index (χ3n) is 3.55. The zero-order valence-electron chi connectivity index (χ0n) is 10.8. The molecule has 0 saturated carbocycles. The highest BCUT2D eigenvalue weighted by atomic mass is 35.5. The van der Waals surface area contributed by atoms with Gasteiger partial charge in [-0.05, 0) is 6.07 Å². The summed E-state index contributed by atoms with van der Waals surface area (Å²) < 4.78 is 5.34. The van der Waals surface area contributed by atoms with Crippen molar-refractivity contribution in [3.05, 3.63) is 36.1 Å². The molecule has 1 saturated heterocycles. The van der Waals surface area contributed by atoms with E-state index in [2.05, 4.69) is 10.6 Å². The number of β-amino-alcohol motifs (C(OH)–C–C–N with tert-alkyl or cyclic N) is 1. The topological polar surface area (TPSA) is 74.5 Å². The molecule has 2 atom stereocenters. The molecule has 108 valence electrons. The Morgan fingerprint density at radius 2 is 2.20 bits per heavy atom. The molecular weight excluding hydrogens is 280 g/mol. The van der Waals surface area contributed by atoms with Gasteiger partial charge < -0.3 is 20.2 Å². The van der Waals surface area contributed by atoms with Crippen molar-refractivity contribution in [1.82, 2.24) is 10.6 Å². The van der Waals surface area contributed by atoms with Crippen LogP contribution in [0.25, 0.3) is 11.0 Å². The van der Waals surface area contributed by atoms with Crippen LogP contribution >= 0.6 is 12.4 Å². The molecule has 0 aliphatic carbocycles. The quantitative estimate of drug-likeness (QED) is 0.795. The van der Waals surface area contributed by atoms with E-state index in [4.69, 9.17) is 4.42 Å². The van der Waals surface area contributed by atoms with Gasteiger partial charge in [0.2, 0.25) is 0 Å². The van der Waals surface area contributed by atoms with Crippen LogP contribution in [0.4, 0.5) is 0 Å². The van der Waals surface area contributed by atoms with E-state index in [1.54, 1.807) is 0 Å². The lowest BCUT2D eigenvalue weighted by Crippen LogP contribution is -2.34. The smallest absolute Gasteiger partial charge is 0.255 e. The van der Waals surface area contributed by atoms with Crippen molar-refractivity contribution in [3.63, 3.8) is 0 Å². The molecule has 2 unspecified atom stereocenters. The highest BCUT2D eigenvalue weighted by Gasteiger charge is 2.25. The van der Waals surface area contributed by atoms with Gasteiger partial charge in [-0.15, -0.1) is 12.4 Å². The number of carbonyl (C=O) groups is 1. The first kappa shape index (κ1) is 14.8. The Balaban J connectivity index is 0.00000147. The van der Waals surface area contributed by atoms with E-state index in [9.17, 15) is 9.90 Å². The number of aliphatic hydroxyl groups excluding tert-OH is 1. The molecule has 0 radical (unpaired) electrons. The molecule has 6 heteroatoms. The van der Waals surface area contributed by atoms with Gasteiger partial charge in [0, 0.05) is 30.9 Å². The van der Waals surface area contributed by atoms with E-state index < -0.39 is 0 Å². The molecule has 3 rings (SSSR count). The van der Waals surface area contributed by atoms with Gasteiger partial charge in [-0.3, -0.25) is 4.79 Å². The van der Waals surface area contributed by atoms with Crippen LogP contribution in [0.15, 0.2) is 34.9 Å². The second-order valence-corrected chi connectivity index (χ2v) is 4.84. The number of aliphatic hydroxyl groups is 1. The molecule has 1 amide bonds. The summed E-state index contributed by atoms with van der Waals surface area (Å²) in [5.74, 6) is -0.0915. The van der Waals surface area contributed by atoms with Crippen LogP contribution in [0.5, 0.6) is 0 Å². The molecular formula is C14H17ClN2O3. The Kier molecular flexibility index (Phi) is 4.65. The molecule has 20 heavy (non-hydrogen) atoms. The van der Waals surface area contributed by atoms with Gasteiger partial charge >= 0.3 is 0 Å². The lowest BCUT2D eigenvalue weighted by molar-refractivity contribution is 0.0928. The predicted molar refractivity (Wildman–Crippen MR) is 78.2 cm³/mol. The zero-order valence-corrected chi connectivity index (χ0v) is 11.7. The monoisotopic (exact) mass is 296 g/mol. The van der Waals surface area contributed by atoms with Crippen LogP contribution in [0.3, 0.4) is 0 Å². The molecule has 1 aliphatic heterocycles. The maximum absolute atomic E-state index is 12.1. The number of nitrogens with one attached hydrogen (secondary N) is 2. The van der Waals surface area contributed by atoms with Crippen LogP contribution < -0.4 is 10.6 Å². The maximum Gasteiger partial charge on any atom is 0.255 e. The van der Waals surface area contributed by atoms with Crippen molar-refractivity contribution in [2.75, 3.05) is 19.6 Å². The molecule has 1 aliphatic rings. The lowest BCUT2D eigenvalue weighted by atomic mass is 10.1. The van der Waals surface area contributed by atoms with E-state index in [0.717, 1.165) is 11.9 Å². The summed E-state index contributed by atoms with van der Waals surface area (Å²) in [5.41, 5.74) is 1.24. The van der Waals surface area contributed by atoms with Crippen LogP contribution in [-0.2, 0) is 0 Å². The average molecular weight is 297 g/mol. The van der Waals surface area contributed by atoms with Crippen molar-refractivity contribution in [2.45, 2.75) is 6.10 Å². The number of hydrogen-bond donors (Lipinski definition) is 3. The number of halogens is 1. The van der Waals surface area contributed by atoms with E-state index in [0.29, 0.717) is 24.2 Å². The van der Waals surface area contributed by atoms with Crippen LogP contribution in [0.2, 0.25) is 0 Å². The van der Waals surface area contributed by atoms with Gasteiger partial charge in [-0.1, -0.05) is 18.2 Å². The zero-order chi connectivity index (χ0) is 13.2. The van der Waals surface area contributed by atoms with Gasteiger partial charge in [0.05, 0.1) is 11.7 Å². The Morgan fingerprint density at radius 3 is 2.95 bits per heavy atom. The highest BCUT2D eigenvalue weighted by molar-refractivity contribution is 6.05. The van der Waals surface area contributed by atoms with E-state index in [-0.39, 0.29) is 30.3 Å². The average Bonchev–Trinajstić information content (AvgIpc) is 3.02. The molecule has 1 fully saturated rings. The van der Waals surface area contributed by atoms with Gasteiger partial charge in [0.1, 0.15) is 11.8 Å². The number of carbonyl (C=O) groups excluding carboxylic acids is 1. The van der Waals surface area contributed by atoms with E-state index >= 15 is 0 Å². The summed E-state index contributed by atoms with van der Waals surface area (Å²) in [6.45, 7) is 1.79. The molecule has 0 spiro atoms. The SMILES string of the molecule is Cl.O=C(NCC1CNCC1O)c1coc2ccccc12. The van der Waals surface area contributed by atoms with Crippen LogP contribution in [0, 0.1) is 5.92 Å². The first-order chi connectivity index (χ1) is 9.25. The second kappa shape index (κ2) is 6.26. The fourth-order valence-corrected chi connectivity index (χ4v) is 2.40. The number of hydrogen-bond acceptors (Lipinski definition) is 4.